The van der Waals surface area contributed by atoms with Gasteiger partial charge in [0.2, 0.25) is 0 Å². The summed E-state index contributed by atoms with van der Waals surface area (Å²) >= 11 is 0. The zero-order chi connectivity index (χ0) is 15.4. The number of ketones is 1. The summed E-state index contributed by atoms with van der Waals surface area (Å²) in [5, 5.41) is -0.541. The molecule has 2 unspecified atom stereocenters. The molecule has 0 aliphatic heterocycles. The first-order valence-corrected chi connectivity index (χ1v) is 8.34. The van der Waals surface area contributed by atoms with Crippen LogP contribution in [-0.4, -0.2) is 15.2 Å². The highest BCUT2D eigenvalue weighted by Crippen LogP contribution is 2.16. The lowest BCUT2D eigenvalue weighted by molar-refractivity contribution is 0.0992. The van der Waals surface area contributed by atoms with Gasteiger partial charge in [-0.05, 0) is 38.0 Å². The first kappa shape index (κ1) is 15.6. The largest absolute Gasteiger partial charge is 0.293 e. The van der Waals surface area contributed by atoms with Crippen molar-refractivity contribution in [1.29, 1.82) is 0 Å². The van der Waals surface area contributed by atoms with Crippen molar-refractivity contribution in [3.63, 3.8) is 0 Å². The molecule has 2 aromatic carbocycles. The number of Topliss-reactive ketones (excluding diaryl/α,β-unsaturated/α-hetero) is 1. The fourth-order valence-corrected chi connectivity index (χ4v) is 3.26. The minimum Gasteiger partial charge on any atom is -0.293 e. The topological polar surface area (TPSA) is 34.1 Å². The van der Waals surface area contributed by atoms with E-state index in [2.05, 4.69) is 6.92 Å². The smallest absolute Gasteiger partial charge is 0.178 e. The fourth-order valence-electron chi connectivity index (χ4n) is 2.11. The van der Waals surface area contributed by atoms with Crippen LogP contribution < -0.4 is 0 Å². The highest BCUT2D eigenvalue weighted by Gasteiger charge is 2.22. The molecule has 2 atom stereocenters. The Bertz CT molecular complexity index is 642. The lowest BCUT2D eigenvalue weighted by Crippen LogP contribution is -2.22. The first-order chi connectivity index (χ1) is 10.0. The zero-order valence-corrected chi connectivity index (χ0v) is 13.4. The maximum atomic E-state index is 12.5. The van der Waals surface area contributed by atoms with Crippen molar-refractivity contribution in [1.82, 2.24) is 0 Å². The Morgan fingerprint density at radius 3 is 2.14 bits per heavy atom. The molecule has 2 rings (SSSR count). The number of benzene rings is 2. The van der Waals surface area contributed by atoms with Crippen LogP contribution in [-0.2, 0) is 17.2 Å². The van der Waals surface area contributed by atoms with Gasteiger partial charge in [-0.3, -0.25) is 9.00 Å². The third kappa shape index (κ3) is 3.67. The number of carbonyl (C=O) groups is 1. The molecule has 3 heteroatoms. The standard InChI is InChI=1S/C18H20O2S/c1-4-15-7-9-16(10-8-15)18(19)14(3)21(20)17-11-5-13(2)6-12-17/h5-12,14H,4H2,1-3H3. The predicted octanol–water partition coefficient (Wildman–Crippen LogP) is 3.94. The molecule has 2 aromatic rings. The predicted molar refractivity (Wildman–Crippen MR) is 87.2 cm³/mol. The molecule has 0 aliphatic carbocycles. The second-order valence-electron chi connectivity index (χ2n) is 5.17. The molecule has 0 N–H and O–H groups in total. The Morgan fingerprint density at radius 1 is 1.05 bits per heavy atom. The minimum absolute atomic E-state index is 0.0726. The second kappa shape index (κ2) is 6.81. The Labute approximate surface area is 128 Å². The highest BCUT2D eigenvalue weighted by atomic mass is 32.2. The summed E-state index contributed by atoms with van der Waals surface area (Å²) in [6, 6.07) is 15.0. The molecule has 0 radical (unpaired) electrons. The van der Waals surface area contributed by atoms with Crippen LogP contribution >= 0.6 is 0 Å². The molecule has 110 valence electrons. The van der Waals surface area contributed by atoms with Crippen LogP contribution in [0.2, 0.25) is 0 Å². The molecular weight excluding hydrogens is 280 g/mol. The number of hydrogen-bond acceptors (Lipinski definition) is 2. The van der Waals surface area contributed by atoms with Crippen molar-refractivity contribution < 1.29 is 9.00 Å². The van der Waals surface area contributed by atoms with E-state index in [9.17, 15) is 9.00 Å². The normalized spacial score (nSPS) is 13.7. The van der Waals surface area contributed by atoms with E-state index in [4.69, 9.17) is 0 Å². The van der Waals surface area contributed by atoms with Crippen molar-refractivity contribution in [2.24, 2.45) is 0 Å². The van der Waals surface area contributed by atoms with Gasteiger partial charge >= 0.3 is 0 Å². The first-order valence-electron chi connectivity index (χ1n) is 7.13. The van der Waals surface area contributed by atoms with E-state index in [0.29, 0.717) is 10.5 Å². The summed E-state index contributed by atoms with van der Waals surface area (Å²) in [5.41, 5.74) is 2.93. The number of rotatable bonds is 5. The molecule has 2 nitrogen and oxygen atoms in total. The molecule has 0 bridgehead atoms. The molecular formula is C18H20O2S. The van der Waals surface area contributed by atoms with Gasteiger partial charge in [-0.2, -0.15) is 0 Å². The van der Waals surface area contributed by atoms with Gasteiger partial charge < -0.3 is 0 Å². The molecule has 0 amide bonds. The van der Waals surface area contributed by atoms with Crippen molar-refractivity contribution in [3.05, 3.63) is 65.2 Å². The van der Waals surface area contributed by atoms with E-state index < -0.39 is 16.0 Å². The third-order valence-electron chi connectivity index (χ3n) is 3.59. The van der Waals surface area contributed by atoms with Gasteiger partial charge in [0, 0.05) is 10.5 Å². The van der Waals surface area contributed by atoms with Crippen LogP contribution in [0.1, 0.15) is 35.3 Å². The third-order valence-corrected chi connectivity index (χ3v) is 5.18. The van der Waals surface area contributed by atoms with Crippen molar-refractivity contribution in [2.45, 2.75) is 37.3 Å². The Hall–Kier alpha value is -1.74. The quantitative estimate of drug-likeness (QED) is 0.784. The van der Waals surface area contributed by atoms with E-state index in [0.717, 1.165) is 12.0 Å². The van der Waals surface area contributed by atoms with E-state index >= 15 is 0 Å². The summed E-state index contributed by atoms with van der Waals surface area (Å²) in [6.07, 6.45) is 0.944. The van der Waals surface area contributed by atoms with Gasteiger partial charge in [-0.15, -0.1) is 0 Å². The number of hydrogen-bond donors (Lipinski definition) is 0. The van der Waals surface area contributed by atoms with Crippen molar-refractivity contribution in [3.8, 4) is 0 Å². The molecule has 0 spiro atoms. The molecule has 0 aromatic heterocycles. The minimum atomic E-state index is -1.32. The van der Waals surface area contributed by atoms with Crippen LogP contribution in [0.15, 0.2) is 53.4 Å². The maximum absolute atomic E-state index is 12.5. The van der Waals surface area contributed by atoms with Gasteiger partial charge in [0.1, 0.15) is 0 Å². The van der Waals surface area contributed by atoms with Gasteiger partial charge in [0.25, 0.3) is 0 Å². The van der Waals surface area contributed by atoms with Crippen LogP contribution in [0.4, 0.5) is 0 Å². The maximum Gasteiger partial charge on any atom is 0.178 e. The van der Waals surface area contributed by atoms with Crippen molar-refractivity contribution in [2.75, 3.05) is 0 Å². The lowest BCUT2D eigenvalue weighted by Gasteiger charge is -2.11. The van der Waals surface area contributed by atoms with Crippen LogP contribution in [0.3, 0.4) is 0 Å². The van der Waals surface area contributed by atoms with Gasteiger partial charge in [0.15, 0.2) is 5.78 Å². The molecule has 0 saturated heterocycles. The summed E-state index contributed by atoms with van der Waals surface area (Å²) in [5.74, 6) is -0.0726. The molecule has 0 aliphatic rings. The lowest BCUT2D eigenvalue weighted by atomic mass is 10.1. The number of carbonyl (C=O) groups excluding carboxylic acids is 1. The van der Waals surface area contributed by atoms with E-state index in [-0.39, 0.29) is 5.78 Å². The monoisotopic (exact) mass is 300 g/mol. The molecule has 0 saturated carbocycles. The Morgan fingerprint density at radius 2 is 1.62 bits per heavy atom. The molecule has 21 heavy (non-hydrogen) atoms. The van der Waals surface area contributed by atoms with Crippen molar-refractivity contribution >= 4 is 16.6 Å². The Balaban J connectivity index is 2.17. The molecule has 0 fully saturated rings. The van der Waals surface area contributed by atoms with E-state index in [1.807, 2.05) is 55.5 Å². The average molecular weight is 300 g/mol. The van der Waals surface area contributed by atoms with Crippen LogP contribution in [0.5, 0.6) is 0 Å². The summed E-state index contributed by atoms with van der Waals surface area (Å²) in [4.78, 5) is 13.1. The summed E-state index contributed by atoms with van der Waals surface area (Å²) in [7, 11) is -1.32. The van der Waals surface area contributed by atoms with Crippen LogP contribution in [0, 0.1) is 6.92 Å². The SMILES string of the molecule is CCc1ccc(C(=O)C(C)S(=O)c2ccc(C)cc2)cc1. The summed E-state index contributed by atoms with van der Waals surface area (Å²) in [6.45, 7) is 5.79. The van der Waals surface area contributed by atoms with Gasteiger partial charge in [-0.1, -0.05) is 48.9 Å². The number of aryl methyl sites for hydroxylation is 2. The van der Waals surface area contributed by atoms with Gasteiger partial charge in [0.05, 0.1) is 16.0 Å². The molecule has 0 heterocycles. The van der Waals surface area contributed by atoms with Gasteiger partial charge in [-0.25, -0.2) is 0 Å². The summed E-state index contributed by atoms with van der Waals surface area (Å²) < 4.78 is 12.5. The van der Waals surface area contributed by atoms with E-state index in [1.54, 1.807) is 6.92 Å². The van der Waals surface area contributed by atoms with E-state index in [1.165, 1.54) is 5.56 Å². The Kier molecular flexibility index (Phi) is 5.07. The van der Waals surface area contributed by atoms with Crippen LogP contribution in [0.25, 0.3) is 0 Å². The fraction of sp³-hybridized carbons (Fsp3) is 0.278. The highest BCUT2D eigenvalue weighted by molar-refractivity contribution is 7.86. The zero-order valence-electron chi connectivity index (χ0n) is 12.6. The average Bonchev–Trinajstić information content (AvgIpc) is 2.53. The second-order valence-corrected chi connectivity index (χ2v) is 6.94.